The lowest BCUT2D eigenvalue weighted by Crippen LogP contribution is -2.49. The highest BCUT2D eigenvalue weighted by atomic mass is 127. The molecule has 2 aromatic rings. The van der Waals surface area contributed by atoms with Crippen molar-refractivity contribution in [1.29, 1.82) is 0 Å². The van der Waals surface area contributed by atoms with Crippen molar-refractivity contribution in [2.24, 2.45) is 0 Å². The summed E-state index contributed by atoms with van der Waals surface area (Å²) in [6.45, 7) is 0. The predicted molar refractivity (Wildman–Crippen MR) is 113 cm³/mol. The van der Waals surface area contributed by atoms with Gasteiger partial charge in [-0.3, -0.25) is 4.79 Å². The van der Waals surface area contributed by atoms with E-state index in [0.29, 0.717) is 5.56 Å². The summed E-state index contributed by atoms with van der Waals surface area (Å²) in [6.07, 6.45) is -0.879. The van der Waals surface area contributed by atoms with Gasteiger partial charge in [-0.15, -0.1) is 0 Å². The largest absolute Gasteiger partial charge is 0.362 e. The maximum absolute atomic E-state index is 12.4. The van der Waals surface area contributed by atoms with Crippen LogP contribution in [0.4, 0.5) is 5.69 Å². The Labute approximate surface area is 176 Å². The highest BCUT2D eigenvalue weighted by Crippen LogP contribution is 2.31. The number of amides is 1. The molecule has 23 heavy (non-hydrogen) atoms. The Hall–Kier alpha value is 0.0400. The second-order valence-corrected chi connectivity index (χ2v) is 9.36. The SMILES string of the molecule is O=C(N[C@H](Nc1ccc(I)cc1)C(Cl)(Cl)Cl)c1ccccc1I. The summed E-state index contributed by atoms with van der Waals surface area (Å²) < 4.78 is 0.195. The van der Waals surface area contributed by atoms with Gasteiger partial charge < -0.3 is 10.6 Å². The Morgan fingerprint density at radius 2 is 1.61 bits per heavy atom. The van der Waals surface area contributed by atoms with Gasteiger partial charge >= 0.3 is 0 Å². The van der Waals surface area contributed by atoms with Gasteiger partial charge in [0.05, 0.1) is 5.56 Å². The first-order valence-electron chi connectivity index (χ1n) is 6.41. The highest BCUT2D eigenvalue weighted by Gasteiger charge is 2.34. The lowest BCUT2D eigenvalue weighted by molar-refractivity contribution is 0.0941. The van der Waals surface area contributed by atoms with Gasteiger partial charge in [0.2, 0.25) is 3.79 Å². The minimum atomic E-state index is -1.71. The Balaban J connectivity index is 2.18. The van der Waals surface area contributed by atoms with Crippen LogP contribution >= 0.6 is 80.0 Å². The molecule has 0 saturated heterocycles. The fraction of sp³-hybridized carbons (Fsp3) is 0.133. The van der Waals surface area contributed by atoms with Crippen molar-refractivity contribution < 1.29 is 4.79 Å². The number of alkyl halides is 3. The molecule has 122 valence electrons. The summed E-state index contributed by atoms with van der Waals surface area (Å²) >= 11 is 22.3. The van der Waals surface area contributed by atoms with Crippen LogP contribution in [0.25, 0.3) is 0 Å². The molecule has 0 heterocycles. The summed E-state index contributed by atoms with van der Waals surface area (Å²) in [5, 5.41) is 5.76. The monoisotopic (exact) mass is 594 g/mol. The van der Waals surface area contributed by atoms with Crippen LogP contribution in [0.5, 0.6) is 0 Å². The van der Waals surface area contributed by atoms with Gasteiger partial charge in [0.1, 0.15) is 6.17 Å². The molecule has 2 aromatic carbocycles. The maximum Gasteiger partial charge on any atom is 0.254 e. The lowest BCUT2D eigenvalue weighted by Gasteiger charge is -2.27. The van der Waals surface area contributed by atoms with Crippen molar-refractivity contribution in [1.82, 2.24) is 5.32 Å². The van der Waals surface area contributed by atoms with E-state index in [0.717, 1.165) is 12.8 Å². The standard InChI is InChI=1S/C15H11Cl3I2N2O/c16-15(17,18)14(21-10-7-5-9(19)6-8-10)22-13(23)11-3-1-2-4-12(11)20/h1-8,14,21H,(H,22,23)/t14-/m0/s1. The summed E-state index contributed by atoms with van der Waals surface area (Å²) in [5.41, 5.74) is 1.27. The Morgan fingerprint density at radius 3 is 2.17 bits per heavy atom. The smallest absolute Gasteiger partial charge is 0.254 e. The van der Waals surface area contributed by atoms with Gasteiger partial charge in [-0.2, -0.15) is 0 Å². The number of benzene rings is 2. The second kappa shape index (κ2) is 8.42. The first-order chi connectivity index (χ1) is 10.8. The Kier molecular flexibility index (Phi) is 7.09. The summed E-state index contributed by atoms with van der Waals surface area (Å²) in [5.74, 6) is -0.315. The molecule has 0 aliphatic heterocycles. The lowest BCUT2D eigenvalue weighted by atomic mass is 10.2. The third-order valence-corrected chi connectivity index (χ3v) is 5.19. The first kappa shape index (κ1) is 19.4. The van der Waals surface area contributed by atoms with E-state index >= 15 is 0 Å². The van der Waals surface area contributed by atoms with Crippen LogP contribution in [0.1, 0.15) is 10.4 Å². The van der Waals surface area contributed by atoms with Gasteiger partial charge in [0.15, 0.2) is 0 Å². The molecule has 0 aliphatic rings. The fourth-order valence-corrected chi connectivity index (χ4v) is 3.09. The van der Waals surface area contributed by atoms with E-state index < -0.39 is 9.96 Å². The quantitative estimate of drug-likeness (QED) is 0.281. The molecule has 2 rings (SSSR count). The topological polar surface area (TPSA) is 41.1 Å². The molecule has 0 fully saturated rings. The number of nitrogens with one attached hydrogen (secondary N) is 2. The van der Waals surface area contributed by atoms with Crippen molar-refractivity contribution in [2.75, 3.05) is 5.32 Å². The molecule has 2 N–H and O–H groups in total. The normalized spacial score (nSPS) is 12.6. The summed E-state index contributed by atoms with van der Waals surface area (Å²) in [4.78, 5) is 12.4. The predicted octanol–water partition coefficient (Wildman–Crippen LogP) is 5.43. The van der Waals surface area contributed by atoms with E-state index in [1.54, 1.807) is 12.1 Å². The zero-order chi connectivity index (χ0) is 17.0. The number of rotatable bonds is 4. The molecule has 0 bridgehead atoms. The van der Waals surface area contributed by atoms with Crippen LogP contribution in [-0.4, -0.2) is 15.9 Å². The summed E-state index contributed by atoms with van der Waals surface area (Å²) in [6, 6.07) is 14.7. The molecule has 1 atom stereocenters. The number of hydrogen-bond donors (Lipinski definition) is 2. The highest BCUT2D eigenvalue weighted by molar-refractivity contribution is 14.1. The van der Waals surface area contributed by atoms with Gasteiger partial charge in [-0.05, 0) is 81.6 Å². The number of carbonyl (C=O) groups excluding carboxylic acids is 1. The third-order valence-electron chi connectivity index (χ3n) is 2.88. The van der Waals surface area contributed by atoms with Crippen LogP contribution in [0.15, 0.2) is 48.5 Å². The van der Waals surface area contributed by atoms with Crippen LogP contribution < -0.4 is 10.6 Å². The molecular formula is C15H11Cl3I2N2O. The van der Waals surface area contributed by atoms with Gasteiger partial charge in [-0.1, -0.05) is 46.9 Å². The van der Waals surface area contributed by atoms with Crippen LogP contribution in [0, 0.1) is 7.14 Å². The molecule has 0 spiro atoms. The average molecular weight is 595 g/mol. The first-order valence-corrected chi connectivity index (χ1v) is 9.71. The minimum Gasteiger partial charge on any atom is -0.362 e. The second-order valence-electron chi connectivity index (χ2n) is 4.58. The fourth-order valence-electron chi connectivity index (χ4n) is 1.77. The molecular weight excluding hydrogens is 584 g/mol. The zero-order valence-corrected chi connectivity index (χ0v) is 18.1. The molecule has 0 radical (unpaired) electrons. The molecule has 3 nitrogen and oxygen atoms in total. The molecule has 0 unspecified atom stereocenters. The molecule has 8 heteroatoms. The van der Waals surface area contributed by atoms with Crippen LogP contribution in [0.3, 0.4) is 0 Å². The Bertz CT molecular complexity index is 690. The number of carbonyl (C=O) groups is 1. The molecule has 0 aromatic heterocycles. The van der Waals surface area contributed by atoms with E-state index in [1.807, 2.05) is 36.4 Å². The maximum atomic E-state index is 12.4. The summed E-state index contributed by atoms with van der Waals surface area (Å²) in [7, 11) is 0. The van der Waals surface area contributed by atoms with Gasteiger partial charge in [-0.25, -0.2) is 0 Å². The number of halogens is 5. The van der Waals surface area contributed by atoms with E-state index in [-0.39, 0.29) is 5.91 Å². The zero-order valence-electron chi connectivity index (χ0n) is 11.5. The van der Waals surface area contributed by atoms with E-state index in [9.17, 15) is 4.79 Å². The number of hydrogen-bond acceptors (Lipinski definition) is 2. The van der Waals surface area contributed by atoms with E-state index in [1.165, 1.54) is 0 Å². The van der Waals surface area contributed by atoms with E-state index in [4.69, 9.17) is 34.8 Å². The van der Waals surface area contributed by atoms with Gasteiger partial charge in [0.25, 0.3) is 5.91 Å². The Morgan fingerprint density at radius 1 is 1.00 bits per heavy atom. The van der Waals surface area contributed by atoms with Crippen molar-refractivity contribution in [3.63, 3.8) is 0 Å². The van der Waals surface area contributed by atoms with E-state index in [2.05, 4.69) is 55.8 Å². The van der Waals surface area contributed by atoms with Crippen molar-refractivity contribution in [3.8, 4) is 0 Å². The molecule has 1 amide bonds. The third kappa shape index (κ3) is 5.81. The van der Waals surface area contributed by atoms with Crippen molar-refractivity contribution in [3.05, 3.63) is 61.2 Å². The van der Waals surface area contributed by atoms with Crippen LogP contribution in [-0.2, 0) is 0 Å². The molecule has 0 aliphatic carbocycles. The number of anilines is 1. The minimum absolute atomic E-state index is 0.315. The average Bonchev–Trinajstić information content (AvgIpc) is 2.48. The molecule has 0 saturated carbocycles. The van der Waals surface area contributed by atoms with Crippen molar-refractivity contribution >= 4 is 91.6 Å². The van der Waals surface area contributed by atoms with Gasteiger partial charge in [0, 0.05) is 12.8 Å². The van der Waals surface area contributed by atoms with Crippen LogP contribution in [0.2, 0.25) is 0 Å². The van der Waals surface area contributed by atoms with Crippen molar-refractivity contribution in [2.45, 2.75) is 9.96 Å².